The van der Waals surface area contributed by atoms with Gasteiger partial charge < -0.3 is 5.32 Å². The number of carbonyl (C=O) groups excluding carboxylic acids is 1. The zero-order valence-corrected chi connectivity index (χ0v) is 16.7. The molecule has 3 rings (SSSR count). The van der Waals surface area contributed by atoms with Crippen LogP contribution in [-0.2, 0) is 0 Å². The van der Waals surface area contributed by atoms with E-state index in [-0.39, 0.29) is 16.7 Å². The normalized spacial score (nSPS) is 10.4. The topological polar surface area (TPSA) is 97.2 Å². The van der Waals surface area contributed by atoms with Crippen molar-refractivity contribution in [2.24, 2.45) is 0 Å². The number of nitrogens with one attached hydrogen (secondary N) is 2. The number of thiocarbonyl (C=S) groups is 1. The van der Waals surface area contributed by atoms with E-state index in [0.717, 1.165) is 11.1 Å². The number of aryl methyl sites for hydroxylation is 2. The first kappa shape index (κ1) is 19.6. The quantitative estimate of drug-likeness (QED) is 0.373. The number of nitrogens with zero attached hydrogens (tertiary/aromatic N) is 2. The van der Waals surface area contributed by atoms with Crippen molar-refractivity contribution >= 4 is 45.4 Å². The maximum atomic E-state index is 12.4. The molecule has 0 aliphatic carbocycles. The van der Waals surface area contributed by atoms with E-state index in [9.17, 15) is 14.9 Å². The molecule has 7 nitrogen and oxygen atoms in total. The molecule has 1 heterocycles. The van der Waals surface area contributed by atoms with Gasteiger partial charge in [-0.2, -0.15) is 0 Å². The number of anilines is 1. The van der Waals surface area contributed by atoms with Gasteiger partial charge in [-0.1, -0.05) is 29.8 Å². The second-order valence-corrected chi connectivity index (χ2v) is 7.34. The molecule has 0 fully saturated rings. The summed E-state index contributed by atoms with van der Waals surface area (Å²) in [6.45, 7) is 3.83. The van der Waals surface area contributed by atoms with Crippen LogP contribution in [0.1, 0.15) is 21.5 Å². The Kier molecular flexibility index (Phi) is 5.76. The Hall–Kier alpha value is -3.17. The third-order valence-electron chi connectivity index (χ3n) is 3.93. The van der Waals surface area contributed by atoms with E-state index in [1.54, 1.807) is 23.6 Å². The van der Waals surface area contributed by atoms with Gasteiger partial charge in [0.05, 0.1) is 10.6 Å². The van der Waals surface area contributed by atoms with Gasteiger partial charge in [0, 0.05) is 28.6 Å². The summed E-state index contributed by atoms with van der Waals surface area (Å²) in [6.07, 6.45) is 0. The smallest absolute Gasteiger partial charge is 0.270 e. The average Bonchev–Trinajstić information content (AvgIpc) is 3.10. The summed E-state index contributed by atoms with van der Waals surface area (Å²) in [6, 6.07) is 11.8. The fourth-order valence-electron chi connectivity index (χ4n) is 2.61. The minimum Gasteiger partial charge on any atom is -0.308 e. The number of hydrogen-bond donors (Lipinski definition) is 2. The Morgan fingerprint density at radius 3 is 2.71 bits per heavy atom. The van der Waals surface area contributed by atoms with Gasteiger partial charge in [0.2, 0.25) is 0 Å². The van der Waals surface area contributed by atoms with Crippen LogP contribution in [0.3, 0.4) is 0 Å². The highest BCUT2D eigenvalue weighted by Gasteiger charge is 2.13. The number of hydrogen-bond acceptors (Lipinski definition) is 6. The SMILES string of the molecule is Cc1ccc(C(=O)NC(=S)Nc2nc(-c3cccc([N+](=O)[O-])c3)cs2)c(C)c1. The Morgan fingerprint density at radius 1 is 1.21 bits per heavy atom. The molecule has 0 unspecified atom stereocenters. The van der Waals surface area contributed by atoms with E-state index in [0.29, 0.717) is 22.0 Å². The largest absolute Gasteiger partial charge is 0.308 e. The fraction of sp³-hybridized carbons (Fsp3) is 0.105. The Bertz CT molecular complexity index is 1080. The van der Waals surface area contributed by atoms with Crippen LogP contribution in [0, 0.1) is 24.0 Å². The molecular formula is C19H16N4O3S2. The summed E-state index contributed by atoms with van der Waals surface area (Å²) in [7, 11) is 0. The van der Waals surface area contributed by atoms with Crippen LogP contribution in [0.5, 0.6) is 0 Å². The number of carbonyl (C=O) groups is 1. The lowest BCUT2D eigenvalue weighted by Gasteiger charge is -2.09. The molecule has 0 saturated heterocycles. The minimum absolute atomic E-state index is 0.00346. The first-order valence-corrected chi connectivity index (χ1v) is 9.52. The number of thiazole rings is 1. The summed E-state index contributed by atoms with van der Waals surface area (Å²) in [5.74, 6) is -0.300. The lowest BCUT2D eigenvalue weighted by atomic mass is 10.1. The Labute approximate surface area is 170 Å². The predicted molar refractivity (Wildman–Crippen MR) is 114 cm³/mol. The lowest BCUT2D eigenvalue weighted by Crippen LogP contribution is -2.34. The third kappa shape index (κ3) is 4.56. The number of nitro benzene ring substituents is 1. The lowest BCUT2D eigenvalue weighted by molar-refractivity contribution is -0.384. The molecule has 0 saturated carbocycles. The highest BCUT2D eigenvalue weighted by atomic mass is 32.1. The van der Waals surface area contributed by atoms with Crippen molar-refractivity contribution in [1.82, 2.24) is 10.3 Å². The molecule has 28 heavy (non-hydrogen) atoms. The standard InChI is InChI=1S/C19H16N4O3S2/c1-11-6-7-15(12(2)8-11)17(24)21-18(27)22-19-20-16(10-28-19)13-4-3-5-14(9-13)23(25)26/h3-10H,1-2H3,(H2,20,21,22,24,27). The third-order valence-corrected chi connectivity index (χ3v) is 4.89. The Balaban J connectivity index is 1.68. The van der Waals surface area contributed by atoms with Crippen molar-refractivity contribution < 1.29 is 9.72 Å². The molecule has 0 aliphatic heterocycles. The molecule has 2 aromatic carbocycles. The summed E-state index contributed by atoms with van der Waals surface area (Å²) < 4.78 is 0. The number of aromatic nitrogens is 1. The molecule has 0 atom stereocenters. The molecule has 0 bridgehead atoms. The fourth-order valence-corrected chi connectivity index (χ4v) is 3.59. The van der Waals surface area contributed by atoms with E-state index in [1.165, 1.54) is 23.5 Å². The second-order valence-electron chi connectivity index (χ2n) is 6.07. The van der Waals surface area contributed by atoms with Crippen molar-refractivity contribution in [3.63, 3.8) is 0 Å². The van der Waals surface area contributed by atoms with Crippen LogP contribution in [-0.4, -0.2) is 20.9 Å². The summed E-state index contributed by atoms with van der Waals surface area (Å²) in [4.78, 5) is 27.2. The molecule has 0 spiro atoms. The molecule has 1 amide bonds. The molecule has 9 heteroatoms. The average molecular weight is 412 g/mol. The van der Waals surface area contributed by atoms with Gasteiger partial charge in [-0.25, -0.2) is 4.98 Å². The van der Waals surface area contributed by atoms with Crippen molar-refractivity contribution in [2.45, 2.75) is 13.8 Å². The van der Waals surface area contributed by atoms with Crippen LogP contribution in [0.15, 0.2) is 47.8 Å². The maximum absolute atomic E-state index is 12.4. The molecule has 1 aromatic heterocycles. The van der Waals surface area contributed by atoms with Crippen LogP contribution < -0.4 is 10.6 Å². The highest BCUT2D eigenvalue weighted by Crippen LogP contribution is 2.27. The highest BCUT2D eigenvalue weighted by molar-refractivity contribution is 7.80. The minimum atomic E-state index is -0.452. The molecule has 3 aromatic rings. The van der Waals surface area contributed by atoms with E-state index < -0.39 is 4.92 Å². The van der Waals surface area contributed by atoms with Crippen molar-refractivity contribution in [2.75, 3.05) is 5.32 Å². The number of nitro groups is 1. The predicted octanol–water partition coefficient (Wildman–Crippen LogP) is 4.46. The van der Waals surface area contributed by atoms with Crippen LogP contribution in [0.4, 0.5) is 10.8 Å². The van der Waals surface area contributed by atoms with Gasteiger partial charge in [-0.15, -0.1) is 11.3 Å². The molecular weight excluding hydrogens is 396 g/mol. The van der Waals surface area contributed by atoms with E-state index in [1.807, 2.05) is 26.0 Å². The van der Waals surface area contributed by atoms with Crippen LogP contribution >= 0.6 is 23.6 Å². The number of non-ortho nitro benzene ring substituents is 1. The second kappa shape index (κ2) is 8.24. The molecule has 0 radical (unpaired) electrons. The van der Waals surface area contributed by atoms with Gasteiger partial charge in [0.25, 0.3) is 11.6 Å². The summed E-state index contributed by atoms with van der Waals surface area (Å²) in [5, 5.41) is 18.8. The Morgan fingerprint density at radius 2 is 2.00 bits per heavy atom. The van der Waals surface area contributed by atoms with Crippen molar-refractivity contribution in [1.29, 1.82) is 0 Å². The first-order valence-electron chi connectivity index (χ1n) is 8.23. The zero-order chi connectivity index (χ0) is 20.3. The van der Waals surface area contributed by atoms with Crippen molar-refractivity contribution in [3.8, 4) is 11.3 Å². The summed E-state index contributed by atoms with van der Waals surface area (Å²) in [5.41, 5.74) is 3.69. The number of benzene rings is 2. The zero-order valence-electron chi connectivity index (χ0n) is 15.1. The number of amides is 1. The van der Waals surface area contributed by atoms with Gasteiger partial charge in [-0.05, 0) is 37.7 Å². The van der Waals surface area contributed by atoms with Crippen molar-refractivity contribution in [3.05, 3.63) is 74.6 Å². The molecule has 2 N–H and O–H groups in total. The van der Waals surface area contributed by atoms with E-state index in [2.05, 4.69) is 15.6 Å². The van der Waals surface area contributed by atoms with Gasteiger partial charge in [0.1, 0.15) is 0 Å². The first-order chi connectivity index (χ1) is 13.3. The molecule has 0 aliphatic rings. The van der Waals surface area contributed by atoms with E-state index in [4.69, 9.17) is 12.2 Å². The van der Waals surface area contributed by atoms with Crippen LogP contribution in [0.25, 0.3) is 11.3 Å². The monoisotopic (exact) mass is 412 g/mol. The van der Waals surface area contributed by atoms with Crippen LogP contribution in [0.2, 0.25) is 0 Å². The van der Waals surface area contributed by atoms with Gasteiger partial charge in [-0.3, -0.25) is 20.2 Å². The summed E-state index contributed by atoms with van der Waals surface area (Å²) >= 11 is 6.48. The molecule has 142 valence electrons. The van der Waals surface area contributed by atoms with E-state index >= 15 is 0 Å². The maximum Gasteiger partial charge on any atom is 0.270 e. The number of rotatable bonds is 4. The van der Waals surface area contributed by atoms with Gasteiger partial charge in [0.15, 0.2) is 10.2 Å². The van der Waals surface area contributed by atoms with Gasteiger partial charge >= 0.3 is 0 Å².